The van der Waals surface area contributed by atoms with Crippen LogP contribution < -0.4 is 5.46 Å². The standard InChI is InChI=1S/C33H38BNO2.C27H26BrN.C12H24B2O4/c1-31(2)32(3,4)37-34(36-31)28-12-10-26(11-13-28)29-17-27(25-8-6-5-7-9-25)18-30(35-29)33-19-22-14-23(20-33)16-24(15-22)21-33;28-24-8-6-22(7-9-24)25-13-23(21-4-2-1-3-5-21)14-26(29-25)27-15-18-10-19(16-27)12-20(11-18)17-27;1-9(2)10(3,4)16-13(15-9)14-17-11(5,6)12(7,8)18-14/h5-13,17-18,22-24H,14-16,19-21H2,1-4H3;1-9,13-14,18-20H,10-12,15-17H2;1-8H3. The van der Waals surface area contributed by atoms with Crippen molar-refractivity contribution in [3.63, 3.8) is 0 Å². The third-order valence-electron chi connectivity index (χ3n) is 22.7. The Labute approximate surface area is 511 Å². The lowest BCUT2D eigenvalue weighted by atomic mass is 9.48. The molecule has 11 aliphatic rings. The average Bonchev–Trinajstić information content (AvgIpc) is 1.43. The highest BCUT2D eigenvalue weighted by atomic mass is 79.9. The van der Waals surface area contributed by atoms with Crippen molar-refractivity contribution in [2.75, 3.05) is 0 Å². The van der Waals surface area contributed by atoms with Crippen molar-refractivity contribution >= 4 is 42.5 Å². The number of nitrogens with zero attached hydrogens (tertiary/aromatic N) is 2. The SMILES string of the molecule is Brc1ccc(-c2cc(-c3ccccc3)cc(C34CC5CC(CC(C5)C3)C4)n2)cc1.CC1(C)OB(B2OC(C)(C)C(C)(C)O2)OC1(C)C.CC1(C)OB(c2ccc(-c3cc(-c4ccccc4)cc(C45CC6CC(CC(C6)C4)C5)n3)cc2)OC1(C)C. The summed E-state index contributed by atoms with van der Waals surface area (Å²) in [4.78, 5) is 10.8. The molecule has 12 heteroatoms. The maximum Gasteiger partial charge on any atom is 0.494 e. The second kappa shape index (κ2) is 21.4. The van der Waals surface area contributed by atoms with E-state index in [0.717, 1.165) is 62.4 Å². The zero-order valence-corrected chi connectivity index (χ0v) is 53.7. The molecule has 8 saturated carbocycles. The second-order valence-corrected chi connectivity index (χ2v) is 31.3. The Morgan fingerprint density at radius 3 is 0.964 bits per heavy atom. The van der Waals surface area contributed by atoms with Crippen molar-refractivity contribution in [2.24, 2.45) is 35.5 Å². The van der Waals surface area contributed by atoms with Crippen LogP contribution >= 0.6 is 15.9 Å². The minimum absolute atomic E-state index is 0.261. The van der Waals surface area contributed by atoms with Gasteiger partial charge in [-0.1, -0.05) is 113 Å². The van der Waals surface area contributed by atoms with Gasteiger partial charge in [-0.05, 0) is 260 Å². The van der Waals surface area contributed by atoms with Crippen LogP contribution in [0.15, 0.2) is 138 Å². The summed E-state index contributed by atoms with van der Waals surface area (Å²) in [5, 5.41) is 0. The summed E-state index contributed by atoms with van der Waals surface area (Å²) < 4.78 is 37.5. The topological polar surface area (TPSA) is 81.2 Å². The molecule has 11 fully saturated rings. The fourth-order valence-electron chi connectivity index (χ4n) is 16.8. The highest BCUT2D eigenvalue weighted by molar-refractivity contribution is 9.10. The number of hydrogen-bond acceptors (Lipinski definition) is 8. The highest BCUT2D eigenvalue weighted by Crippen LogP contribution is 2.62. The first-order valence-corrected chi connectivity index (χ1v) is 32.6. The first-order chi connectivity index (χ1) is 39.7. The fraction of sp³-hybridized carbons (Fsp3) is 0.528. The molecule has 438 valence electrons. The van der Waals surface area contributed by atoms with Gasteiger partial charge < -0.3 is 27.9 Å². The van der Waals surface area contributed by atoms with Crippen LogP contribution in [0.4, 0.5) is 0 Å². The Kier molecular flexibility index (Phi) is 15.0. The van der Waals surface area contributed by atoms with Crippen LogP contribution in [0, 0.1) is 35.5 Å². The van der Waals surface area contributed by atoms with Gasteiger partial charge in [0, 0.05) is 37.8 Å². The summed E-state index contributed by atoms with van der Waals surface area (Å²) in [5.41, 5.74) is 11.9. The lowest BCUT2D eigenvalue weighted by molar-refractivity contribution is -0.00723. The van der Waals surface area contributed by atoms with Gasteiger partial charge in [0.1, 0.15) is 0 Å². The van der Waals surface area contributed by atoms with Gasteiger partial charge in [0.25, 0.3) is 0 Å². The zero-order chi connectivity index (χ0) is 58.8. The number of pyridine rings is 2. The van der Waals surface area contributed by atoms with Gasteiger partial charge in [0.05, 0.1) is 45.0 Å². The first kappa shape index (κ1) is 58.6. The summed E-state index contributed by atoms with van der Waals surface area (Å²) in [6.45, 7) is 24.6. The van der Waals surface area contributed by atoms with Crippen LogP contribution in [0.1, 0.15) is 172 Å². The van der Waals surface area contributed by atoms with Gasteiger partial charge in [0.2, 0.25) is 0 Å². The van der Waals surface area contributed by atoms with E-state index in [1.165, 1.54) is 116 Å². The van der Waals surface area contributed by atoms with E-state index in [-0.39, 0.29) is 46.1 Å². The molecule has 0 atom stereocenters. The smallest absolute Gasteiger partial charge is 0.405 e. The molecule has 0 N–H and O–H groups in total. The fourth-order valence-corrected chi connectivity index (χ4v) is 17.0. The third kappa shape index (κ3) is 11.1. The van der Waals surface area contributed by atoms with Gasteiger partial charge >= 0.3 is 21.1 Å². The molecule has 0 unspecified atom stereocenters. The minimum atomic E-state index is -0.476. The van der Waals surface area contributed by atoms with E-state index in [0.29, 0.717) is 5.41 Å². The molecule has 2 aromatic heterocycles. The number of rotatable bonds is 8. The maximum atomic E-state index is 6.29. The van der Waals surface area contributed by atoms with E-state index < -0.39 is 14.0 Å². The molecule has 4 aromatic carbocycles. The van der Waals surface area contributed by atoms with Gasteiger partial charge in [0.15, 0.2) is 0 Å². The Balaban J connectivity index is 0.000000125. The van der Waals surface area contributed by atoms with Crippen molar-refractivity contribution in [2.45, 2.75) is 205 Å². The Morgan fingerprint density at radius 2 is 0.643 bits per heavy atom. The molecule has 0 radical (unpaired) electrons. The molecular weight excluding hydrogens is 1100 g/mol. The predicted molar refractivity (Wildman–Crippen MR) is 345 cm³/mol. The van der Waals surface area contributed by atoms with E-state index in [1.54, 1.807) is 0 Å². The Bertz CT molecular complexity index is 3210. The van der Waals surface area contributed by atoms with Gasteiger partial charge in [-0.2, -0.15) is 0 Å². The van der Waals surface area contributed by atoms with E-state index in [4.69, 9.17) is 37.9 Å². The molecule has 8 nitrogen and oxygen atoms in total. The Morgan fingerprint density at radius 1 is 0.345 bits per heavy atom. The summed E-state index contributed by atoms with van der Waals surface area (Å²) >= 11 is 3.57. The van der Waals surface area contributed by atoms with Crippen LogP contribution in [0.2, 0.25) is 0 Å². The molecule has 0 spiro atoms. The monoisotopic (exact) mass is 1190 g/mol. The molecule has 3 saturated heterocycles. The second-order valence-electron chi connectivity index (χ2n) is 30.3. The van der Waals surface area contributed by atoms with E-state index in [9.17, 15) is 0 Å². The summed E-state index contributed by atoms with van der Waals surface area (Å²) in [7, 11) is -1.29. The summed E-state index contributed by atoms with van der Waals surface area (Å²) in [5.74, 6) is 5.49. The van der Waals surface area contributed by atoms with Crippen LogP contribution in [0.5, 0.6) is 0 Å². The lowest BCUT2D eigenvalue weighted by Crippen LogP contribution is -2.49. The summed E-state index contributed by atoms with van der Waals surface area (Å²) in [6.07, 6.45) is 16.8. The van der Waals surface area contributed by atoms with E-state index in [1.807, 2.05) is 55.4 Å². The van der Waals surface area contributed by atoms with Gasteiger partial charge in [-0.3, -0.25) is 9.97 Å². The van der Waals surface area contributed by atoms with Crippen LogP contribution in [0.3, 0.4) is 0 Å². The molecule has 5 heterocycles. The van der Waals surface area contributed by atoms with Gasteiger partial charge in [-0.15, -0.1) is 0 Å². The quantitative estimate of drug-likeness (QED) is 0.139. The lowest BCUT2D eigenvalue weighted by Gasteiger charge is -2.56. The molecule has 17 rings (SSSR count). The minimum Gasteiger partial charge on any atom is -0.405 e. The number of aromatic nitrogens is 2. The third-order valence-corrected chi connectivity index (χ3v) is 23.2. The molecular formula is C72H88B3BrN2O6. The van der Waals surface area contributed by atoms with Gasteiger partial charge in [-0.25, -0.2) is 0 Å². The first-order valence-electron chi connectivity index (χ1n) is 31.8. The van der Waals surface area contributed by atoms with Crippen molar-refractivity contribution in [1.29, 1.82) is 0 Å². The predicted octanol–water partition coefficient (Wildman–Crippen LogP) is 17.1. The average molecular weight is 1190 g/mol. The van der Waals surface area contributed by atoms with Crippen LogP contribution in [0.25, 0.3) is 44.8 Å². The van der Waals surface area contributed by atoms with Crippen LogP contribution in [-0.4, -0.2) is 64.7 Å². The molecule has 6 aromatic rings. The molecule has 0 amide bonds. The normalized spacial score (nSPS) is 30.9. The molecule has 8 bridgehead atoms. The number of hydrogen-bond donors (Lipinski definition) is 0. The van der Waals surface area contributed by atoms with E-state index in [2.05, 4.69) is 177 Å². The summed E-state index contributed by atoms with van der Waals surface area (Å²) in [6, 6.07) is 48.4. The van der Waals surface area contributed by atoms with E-state index >= 15 is 0 Å². The van der Waals surface area contributed by atoms with Crippen molar-refractivity contribution in [1.82, 2.24) is 9.97 Å². The highest BCUT2D eigenvalue weighted by Gasteiger charge is 2.64. The number of benzene rings is 4. The number of halogens is 1. The van der Waals surface area contributed by atoms with Crippen molar-refractivity contribution in [3.05, 3.63) is 149 Å². The van der Waals surface area contributed by atoms with Crippen molar-refractivity contribution < 1.29 is 27.9 Å². The zero-order valence-electron chi connectivity index (χ0n) is 52.1. The molecule has 84 heavy (non-hydrogen) atoms. The molecule has 8 aliphatic carbocycles. The maximum absolute atomic E-state index is 6.29. The molecule has 3 aliphatic heterocycles. The van der Waals surface area contributed by atoms with Crippen LogP contribution in [-0.2, 0) is 38.8 Å². The van der Waals surface area contributed by atoms with Crippen molar-refractivity contribution in [3.8, 4) is 44.8 Å². The Hall–Kier alpha value is -4.39. The largest absolute Gasteiger partial charge is 0.494 e.